The molecule has 2 aromatic carbocycles. The Kier molecular flexibility index (Phi) is 8.91. The van der Waals surface area contributed by atoms with Crippen molar-refractivity contribution < 1.29 is 24.5 Å². The third-order valence-corrected chi connectivity index (χ3v) is 4.66. The van der Waals surface area contributed by atoms with Crippen molar-refractivity contribution in [1.82, 2.24) is 5.32 Å². The monoisotopic (exact) mass is 442 g/mol. The van der Waals surface area contributed by atoms with Gasteiger partial charge in [-0.3, -0.25) is 4.79 Å². The van der Waals surface area contributed by atoms with E-state index in [1.54, 1.807) is 42.5 Å². The lowest BCUT2D eigenvalue weighted by Gasteiger charge is -2.32. The Bertz CT molecular complexity index is 831. The molecular formula is C20H24Cl2N2O5. The summed E-state index contributed by atoms with van der Waals surface area (Å²) in [5.41, 5.74) is 3.84. The van der Waals surface area contributed by atoms with Gasteiger partial charge in [0.1, 0.15) is 5.75 Å². The first-order chi connectivity index (χ1) is 12.9. The van der Waals surface area contributed by atoms with Crippen LogP contribution >= 0.6 is 24.8 Å². The van der Waals surface area contributed by atoms with Gasteiger partial charge in [-0.1, -0.05) is 42.5 Å². The molecule has 0 spiro atoms. The number of halogens is 2. The first-order valence-corrected chi connectivity index (χ1v) is 8.69. The minimum Gasteiger partial charge on any atom is -0.484 e. The van der Waals surface area contributed by atoms with E-state index >= 15 is 0 Å². The van der Waals surface area contributed by atoms with Crippen LogP contribution in [0.1, 0.15) is 24.0 Å². The zero-order chi connectivity index (χ0) is 19.4. The molecule has 0 aromatic heterocycles. The summed E-state index contributed by atoms with van der Waals surface area (Å²) in [5.74, 6) is -1.37. The van der Waals surface area contributed by atoms with Gasteiger partial charge in [-0.15, -0.1) is 24.8 Å². The quantitative estimate of drug-likeness (QED) is 0.518. The standard InChI is InChI=1S/C20H22N2O5.2ClH/c21-15-10-16(11-15)22-18(23)12-27-17-8-4-7-14(9-17)20(26,19(24)25)13-5-2-1-3-6-13;;/h1-9,15-16,26H,10-12,21H2,(H,22,23)(H,24,25);2*1H. The zero-order valence-corrected chi connectivity index (χ0v) is 17.1. The SMILES string of the molecule is Cl.Cl.NC1CC(NC(=O)COc2cccc(C(O)(C(=O)O)c3ccccc3)c2)C1. The van der Waals surface area contributed by atoms with Crippen molar-refractivity contribution in [3.05, 3.63) is 65.7 Å². The maximum absolute atomic E-state index is 11.9. The van der Waals surface area contributed by atoms with Gasteiger partial charge in [-0.2, -0.15) is 0 Å². The Labute approximate surface area is 181 Å². The van der Waals surface area contributed by atoms with E-state index in [9.17, 15) is 19.8 Å². The number of nitrogens with one attached hydrogen (secondary N) is 1. The second-order valence-electron chi connectivity index (χ2n) is 6.69. The van der Waals surface area contributed by atoms with Crippen LogP contribution in [0.5, 0.6) is 5.75 Å². The fraction of sp³-hybridized carbons (Fsp3) is 0.300. The normalized spacial score (nSPS) is 19.4. The van der Waals surface area contributed by atoms with Gasteiger partial charge in [0.15, 0.2) is 6.61 Å². The average Bonchev–Trinajstić information content (AvgIpc) is 2.65. The van der Waals surface area contributed by atoms with Gasteiger partial charge in [0.05, 0.1) is 0 Å². The highest BCUT2D eigenvalue weighted by Crippen LogP contribution is 2.32. The van der Waals surface area contributed by atoms with Crippen molar-refractivity contribution in [3.63, 3.8) is 0 Å². The van der Waals surface area contributed by atoms with Gasteiger partial charge in [0.2, 0.25) is 5.60 Å². The fourth-order valence-corrected chi connectivity index (χ4v) is 3.10. The highest BCUT2D eigenvalue weighted by molar-refractivity contribution is 5.86. The van der Waals surface area contributed by atoms with Gasteiger partial charge in [0, 0.05) is 17.6 Å². The first-order valence-electron chi connectivity index (χ1n) is 8.69. The van der Waals surface area contributed by atoms with Gasteiger partial charge in [-0.05, 0) is 30.5 Å². The summed E-state index contributed by atoms with van der Waals surface area (Å²) in [5, 5.41) is 23.3. The first kappa shape index (κ1) is 24.7. The minimum absolute atomic E-state index is 0. The number of aliphatic carboxylic acids is 1. The van der Waals surface area contributed by atoms with Crippen LogP contribution in [0, 0.1) is 0 Å². The molecule has 0 aliphatic heterocycles. The van der Waals surface area contributed by atoms with Crippen LogP contribution < -0.4 is 15.8 Å². The van der Waals surface area contributed by atoms with Crippen LogP contribution in [0.3, 0.4) is 0 Å². The van der Waals surface area contributed by atoms with Crippen molar-refractivity contribution in [3.8, 4) is 5.75 Å². The number of amides is 1. The topological polar surface area (TPSA) is 122 Å². The molecule has 0 saturated heterocycles. The predicted molar refractivity (Wildman–Crippen MR) is 113 cm³/mol. The van der Waals surface area contributed by atoms with E-state index in [-0.39, 0.29) is 60.5 Å². The van der Waals surface area contributed by atoms with Gasteiger partial charge in [0.25, 0.3) is 5.91 Å². The predicted octanol–water partition coefficient (Wildman–Crippen LogP) is 1.84. The van der Waals surface area contributed by atoms with E-state index in [1.807, 2.05) is 0 Å². The molecule has 3 rings (SSSR count). The van der Waals surface area contributed by atoms with Crippen LogP contribution in [0.2, 0.25) is 0 Å². The Balaban J connectivity index is 0.00000210. The molecule has 1 aliphatic rings. The van der Waals surface area contributed by atoms with E-state index in [1.165, 1.54) is 12.1 Å². The third-order valence-electron chi connectivity index (χ3n) is 4.66. The molecule has 7 nitrogen and oxygen atoms in total. The molecule has 0 bridgehead atoms. The molecule has 0 heterocycles. The number of rotatable bonds is 7. The number of carbonyl (C=O) groups excluding carboxylic acids is 1. The lowest BCUT2D eigenvalue weighted by Crippen LogP contribution is -2.51. The van der Waals surface area contributed by atoms with Crippen LogP contribution in [0.25, 0.3) is 0 Å². The molecule has 1 atom stereocenters. The molecular weight excluding hydrogens is 419 g/mol. The zero-order valence-electron chi connectivity index (χ0n) is 15.5. The molecule has 1 fully saturated rings. The van der Waals surface area contributed by atoms with Crippen LogP contribution in [-0.4, -0.2) is 40.8 Å². The number of benzene rings is 2. The van der Waals surface area contributed by atoms with E-state index in [0.717, 1.165) is 12.8 Å². The van der Waals surface area contributed by atoms with Crippen molar-refractivity contribution in [2.75, 3.05) is 6.61 Å². The lowest BCUT2D eigenvalue weighted by atomic mass is 9.86. The summed E-state index contributed by atoms with van der Waals surface area (Å²) in [7, 11) is 0. The average molecular weight is 443 g/mol. The number of hydrogen-bond donors (Lipinski definition) is 4. The molecule has 1 amide bonds. The highest BCUT2D eigenvalue weighted by Gasteiger charge is 2.40. The molecule has 158 valence electrons. The van der Waals surface area contributed by atoms with Crippen molar-refractivity contribution in [2.24, 2.45) is 5.73 Å². The van der Waals surface area contributed by atoms with E-state index in [0.29, 0.717) is 5.75 Å². The molecule has 9 heteroatoms. The Hall–Kier alpha value is -2.32. The molecule has 2 aromatic rings. The molecule has 1 aliphatic carbocycles. The van der Waals surface area contributed by atoms with Crippen LogP contribution in [0.4, 0.5) is 0 Å². The molecule has 5 N–H and O–H groups in total. The number of hydrogen-bond acceptors (Lipinski definition) is 5. The van der Waals surface area contributed by atoms with E-state index in [4.69, 9.17) is 10.5 Å². The molecule has 29 heavy (non-hydrogen) atoms. The fourth-order valence-electron chi connectivity index (χ4n) is 3.10. The molecule has 1 unspecified atom stereocenters. The maximum Gasteiger partial charge on any atom is 0.345 e. The summed E-state index contributed by atoms with van der Waals surface area (Å²) in [6.45, 7) is -0.202. The summed E-state index contributed by atoms with van der Waals surface area (Å²) in [4.78, 5) is 23.7. The smallest absolute Gasteiger partial charge is 0.345 e. The summed E-state index contributed by atoms with van der Waals surface area (Å²) < 4.78 is 5.47. The Morgan fingerprint density at radius 2 is 1.69 bits per heavy atom. The molecule has 0 radical (unpaired) electrons. The highest BCUT2D eigenvalue weighted by atomic mass is 35.5. The number of carboxylic acid groups (broad SMARTS) is 1. The number of carboxylic acids is 1. The summed E-state index contributed by atoms with van der Waals surface area (Å²) in [6.07, 6.45) is 1.51. The minimum atomic E-state index is -2.22. The van der Waals surface area contributed by atoms with E-state index in [2.05, 4.69) is 5.32 Å². The second kappa shape index (κ2) is 10.5. The second-order valence-corrected chi connectivity index (χ2v) is 6.69. The summed E-state index contributed by atoms with van der Waals surface area (Å²) >= 11 is 0. The Morgan fingerprint density at radius 3 is 2.28 bits per heavy atom. The maximum atomic E-state index is 11.9. The number of nitrogens with two attached hydrogens (primary N) is 1. The number of carbonyl (C=O) groups is 2. The lowest BCUT2D eigenvalue weighted by molar-refractivity contribution is -0.155. The van der Waals surface area contributed by atoms with Crippen LogP contribution in [-0.2, 0) is 15.2 Å². The van der Waals surface area contributed by atoms with Crippen molar-refractivity contribution >= 4 is 36.7 Å². The largest absolute Gasteiger partial charge is 0.484 e. The number of aliphatic hydroxyl groups is 1. The number of ether oxygens (including phenoxy) is 1. The van der Waals surface area contributed by atoms with Gasteiger partial charge < -0.3 is 26.0 Å². The molecule has 1 saturated carbocycles. The van der Waals surface area contributed by atoms with Gasteiger partial charge in [-0.25, -0.2) is 4.79 Å². The third kappa shape index (κ3) is 5.61. The van der Waals surface area contributed by atoms with E-state index < -0.39 is 11.6 Å². The van der Waals surface area contributed by atoms with Crippen LogP contribution in [0.15, 0.2) is 54.6 Å². The van der Waals surface area contributed by atoms with Gasteiger partial charge >= 0.3 is 5.97 Å². The Morgan fingerprint density at radius 1 is 1.07 bits per heavy atom. The van der Waals surface area contributed by atoms with Crippen molar-refractivity contribution in [1.29, 1.82) is 0 Å². The summed E-state index contributed by atoms with van der Waals surface area (Å²) in [6, 6.07) is 14.4. The van der Waals surface area contributed by atoms with Crippen molar-refractivity contribution in [2.45, 2.75) is 30.5 Å².